The molecule has 0 saturated heterocycles. The number of ether oxygens (including phenoxy) is 2. The first kappa shape index (κ1) is 21.2. The Morgan fingerprint density at radius 2 is 1.93 bits per heavy atom. The Bertz CT molecular complexity index is 1010. The summed E-state index contributed by atoms with van der Waals surface area (Å²) in [6.07, 6.45) is 2.99. The van der Waals surface area contributed by atoms with Crippen LogP contribution in [-0.4, -0.2) is 38.8 Å². The van der Waals surface area contributed by atoms with Gasteiger partial charge in [-0.3, -0.25) is 4.90 Å². The quantitative estimate of drug-likeness (QED) is 0.803. The summed E-state index contributed by atoms with van der Waals surface area (Å²) in [6.45, 7) is 4.31. The van der Waals surface area contributed by atoms with Crippen molar-refractivity contribution in [3.05, 3.63) is 46.7 Å². The number of hydrogen-bond acceptors (Lipinski definition) is 7. The van der Waals surface area contributed by atoms with Crippen LogP contribution in [0.5, 0.6) is 11.5 Å². The van der Waals surface area contributed by atoms with E-state index in [-0.39, 0.29) is 17.2 Å². The van der Waals surface area contributed by atoms with E-state index in [2.05, 4.69) is 30.0 Å². The molecule has 0 saturated carbocycles. The van der Waals surface area contributed by atoms with Crippen molar-refractivity contribution in [1.82, 2.24) is 4.90 Å². The van der Waals surface area contributed by atoms with Crippen LogP contribution in [0.1, 0.15) is 24.8 Å². The monoisotopic (exact) mass is 403 g/mol. The second-order valence-corrected chi connectivity index (χ2v) is 7.54. The summed E-state index contributed by atoms with van der Waals surface area (Å²) in [7, 11) is 3.11. The molecule has 3 rings (SSSR count). The first-order chi connectivity index (χ1) is 14.5. The largest absolute Gasteiger partial charge is 0.497 e. The molecule has 0 aromatic heterocycles. The fourth-order valence-electron chi connectivity index (χ4n) is 4.66. The molecule has 0 bridgehead atoms. The fraction of sp³-hybridized carbons (Fsp3) is 0.435. The molecule has 0 fully saturated rings. The standard InChI is InChI=1S/C23H25N5O2/c1-4-8-28-9-7-16-18(11-24)22(27)23(13-25,14-26)21(19(16)12-28)17-10-15(29-2)5-6-20(17)30-3/h5-7,10,19,21H,4,8-9,12,27H2,1-3H3/t19-,21+/m1/s1. The van der Waals surface area contributed by atoms with E-state index in [0.29, 0.717) is 30.2 Å². The van der Waals surface area contributed by atoms with Crippen molar-refractivity contribution in [1.29, 1.82) is 15.8 Å². The lowest BCUT2D eigenvalue weighted by Gasteiger charge is -2.45. The molecule has 0 unspecified atom stereocenters. The molecule has 7 nitrogen and oxygen atoms in total. The first-order valence-electron chi connectivity index (χ1n) is 9.88. The van der Waals surface area contributed by atoms with Crippen LogP contribution in [0.15, 0.2) is 41.1 Å². The molecule has 2 N–H and O–H groups in total. The molecule has 1 aromatic rings. The van der Waals surface area contributed by atoms with Gasteiger partial charge in [0.05, 0.1) is 37.6 Å². The van der Waals surface area contributed by atoms with Crippen LogP contribution in [0, 0.1) is 45.3 Å². The zero-order chi connectivity index (χ0) is 21.9. The van der Waals surface area contributed by atoms with E-state index >= 15 is 0 Å². The number of hydrogen-bond donors (Lipinski definition) is 1. The molecule has 0 spiro atoms. The molecule has 0 radical (unpaired) electrons. The lowest BCUT2D eigenvalue weighted by molar-refractivity contribution is 0.205. The minimum Gasteiger partial charge on any atom is -0.497 e. The van der Waals surface area contributed by atoms with E-state index in [1.807, 2.05) is 6.08 Å². The van der Waals surface area contributed by atoms with Crippen molar-refractivity contribution < 1.29 is 9.47 Å². The molecule has 30 heavy (non-hydrogen) atoms. The predicted octanol–water partition coefficient (Wildman–Crippen LogP) is 2.84. The van der Waals surface area contributed by atoms with Gasteiger partial charge in [-0.1, -0.05) is 13.0 Å². The third-order valence-corrected chi connectivity index (χ3v) is 6.05. The van der Waals surface area contributed by atoms with Crippen LogP contribution >= 0.6 is 0 Å². The summed E-state index contributed by atoms with van der Waals surface area (Å²) < 4.78 is 11.0. The maximum Gasteiger partial charge on any atom is 0.191 e. The number of methoxy groups -OCH3 is 2. The fourth-order valence-corrected chi connectivity index (χ4v) is 4.66. The van der Waals surface area contributed by atoms with Gasteiger partial charge in [0, 0.05) is 30.5 Å². The van der Waals surface area contributed by atoms with Crippen molar-refractivity contribution in [2.24, 2.45) is 17.1 Å². The van der Waals surface area contributed by atoms with Gasteiger partial charge < -0.3 is 15.2 Å². The Morgan fingerprint density at radius 3 is 2.50 bits per heavy atom. The van der Waals surface area contributed by atoms with Gasteiger partial charge in [0.15, 0.2) is 5.41 Å². The number of nitrogens with zero attached hydrogens (tertiary/aromatic N) is 4. The molecular weight excluding hydrogens is 378 g/mol. The molecule has 1 aliphatic heterocycles. The number of nitrogens with two attached hydrogens (primary N) is 1. The van der Waals surface area contributed by atoms with Crippen LogP contribution < -0.4 is 15.2 Å². The molecule has 2 atom stereocenters. The van der Waals surface area contributed by atoms with Gasteiger partial charge in [0.25, 0.3) is 0 Å². The molecule has 7 heteroatoms. The summed E-state index contributed by atoms with van der Waals surface area (Å²) in [5.74, 6) is 0.278. The Kier molecular flexibility index (Phi) is 6.01. The Labute approximate surface area is 177 Å². The minimum atomic E-state index is -1.69. The summed E-state index contributed by atoms with van der Waals surface area (Å²) in [4.78, 5) is 2.27. The van der Waals surface area contributed by atoms with Gasteiger partial charge in [-0.25, -0.2) is 0 Å². The lowest BCUT2D eigenvalue weighted by atomic mass is 9.58. The second kappa shape index (κ2) is 8.49. The molecule has 154 valence electrons. The SMILES string of the molecule is CCCN1CC=C2C(C#N)=C(N)C(C#N)(C#N)[C@@H](c3cc(OC)ccc3OC)[C@@H]2C1. The van der Waals surface area contributed by atoms with Crippen molar-refractivity contribution in [3.63, 3.8) is 0 Å². The van der Waals surface area contributed by atoms with Crippen molar-refractivity contribution in [2.45, 2.75) is 19.3 Å². The average Bonchev–Trinajstić information content (AvgIpc) is 2.78. The van der Waals surface area contributed by atoms with Crippen molar-refractivity contribution >= 4 is 0 Å². The number of rotatable bonds is 5. The van der Waals surface area contributed by atoms with Crippen molar-refractivity contribution in [2.75, 3.05) is 33.9 Å². The van der Waals surface area contributed by atoms with Crippen molar-refractivity contribution in [3.8, 4) is 29.7 Å². The minimum absolute atomic E-state index is 0.0105. The van der Waals surface area contributed by atoms with E-state index in [0.717, 1.165) is 18.5 Å². The Morgan fingerprint density at radius 1 is 1.20 bits per heavy atom. The molecular formula is C23H25N5O2. The smallest absolute Gasteiger partial charge is 0.191 e. The van der Waals surface area contributed by atoms with Crippen LogP contribution in [0.2, 0.25) is 0 Å². The lowest BCUT2D eigenvalue weighted by Crippen LogP contribution is -2.48. The molecule has 2 aliphatic rings. The normalized spacial score (nSPS) is 22.7. The second-order valence-electron chi connectivity index (χ2n) is 7.54. The van der Waals surface area contributed by atoms with E-state index in [4.69, 9.17) is 15.2 Å². The third kappa shape index (κ3) is 3.16. The van der Waals surface area contributed by atoms with E-state index in [1.54, 1.807) is 32.4 Å². The summed E-state index contributed by atoms with van der Waals surface area (Å²) in [6, 6.07) is 11.8. The number of benzene rings is 1. The van der Waals surface area contributed by atoms with Gasteiger partial charge in [0.2, 0.25) is 0 Å². The zero-order valence-corrected chi connectivity index (χ0v) is 17.5. The highest BCUT2D eigenvalue weighted by molar-refractivity contribution is 5.61. The Balaban J connectivity index is 2.34. The maximum absolute atomic E-state index is 10.2. The summed E-state index contributed by atoms with van der Waals surface area (Å²) in [5, 5.41) is 30.2. The predicted molar refractivity (Wildman–Crippen MR) is 111 cm³/mol. The average molecular weight is 403 g/mol. The van der Waals surface area contributed by atoms with Crippen LogP contribution in [0.4, 0.5) is 0 Å². The van der Waals surface area contributed by atoms with Gasteiger partial charge in [-0.15, -0.1) is 0 Å². The number of nitriles is 3. The maximum atomic E-state index is 10.2. The number of allylic oxidation sites excluding steroid dienone is 2. The molecule has 1 aliphatic carbocycles. The summed E-state index contributed by atoms with van der Waals surface area (Å²) in [5.41, 5.74) is 6.41. The molecule has 1 aromatic carbocycles. The highest BCUT2D eigenvalue weighted by Gasteiger charge is 2.55. The number of fused-ring (bicyclic) bond motifs is 1. The van der Waals surface area contributed by atoms with Gasteiger partial charge in [-0.2, -0.15) is 15.8 Å². The van der Waals surface area contributed by atoms with E-state index in [1.165, 1.54) is 0 Å². The first-order valence-corrected chi connectivity index (χ1v) is 9.88. The summed E-state index contributed by atoms with van der Waals surface area (Å²) >= 11 is 0. The van der Waals surface area contributed by atoms with Gasteiger partial charge in [-0.05, 0) is 36.7 Å². The van der Waals surface area contributed by atoms with E-state index < -0.39 is 11.3 Å². The molecule has 1 heterocycles. The van der Waals surface area contributed by atoms with Crippen LogP contribution in [-0.2, 0) is 0 Å². The Hall–Kier alpha value is -3.47. The van der Waals surface area contributed by atoms with Crippen LogP contribution in [0.3, 0.4) is 0 Å². The third-order valence-electron chi connectivity index (χ3n) is 6.05. The van der Waals surface area contributed by atoms with E-state index in [9.17, 15) is 15.8 Å². The molecule has 0 amide bonds. The zero-order valence-electron chi connectivity index (χ0n) is 17.5. The highest BCUT2D eigenvalue weighted by atomic mass is 16.5. The van der Waals surface area contributed by atoms with Gasteiger partial charge in [0.1, 0.15) is 17.6 Å². The highest BCUT2D eigenvalue weighted by Crippen LogP contribution is 2.56. The van der Waals surface area contributed by atoms with Crippen LogP contribution in [0.25, 0.3) is 0 Å². The van der Waals surface area contributed by atoms with Gasteiger partial charge >= 0.3 is 0 Å². The topological polar surface area (TPSA) is 119 Å².